The maximum Gasteiger partial charge on any atom is 0.295 e. The minimum absolute atomic E-state index is 0.0482. The monoisotopic (exact) mass is 457 g/mol. The smallest absolute Gasteiger partial charge is 0.295 e. The number of hydrogen-bond acceptors (Lipinski definition) is 3. The highest BCUT2D eigenvalue weighted by atomic mass is 79.9. The first kappa shape index (κ1) is 19.8. The summed E-state index contributed by atoms with van der Waals surface area (Å²) in [4.78, 5) is 27.5. The van der Waals surface area contributed by atoms with Crippen molar-refractivity contribution in [3.8, 4) is 0 Å². The maximum atomic E-state index is 14.8. The number of carbonyl (C=O) groups excluding carboxylic acids is 2. The van der Waals surface area contributed by atoms with Gasteiger partial charge in [-0.25, -0.2) is 4.39 Å². The van der Waals surface area contributed by atoms with Crippen LogP contribution in [0.15, 0.2) is 58.6 Å². The van der Waals surface area contributed by atoms with Crippen LogP contribution in [0.25, 0.3) is 5.76 Å². The molecule has 29 heavy (non-hydrogen) atoms. The summed E-state index contributed by atoms with van der Waals surface area (Å²) in [6.45, 7) is 0. The summed E-state index contributed by atoms with van der Waals surface area (Å²) in [6, 6.07) is 11.9. The molecule has 2 aliphatic rings. The van der Waals surface area contributed by atoms with E-state index >= 15 is 0 Å². The molecule has 2 aromatic rings. The molecular formula is C23H21BrFNO3. The highest BCUT2D eigenvalue weighted by Crippen LogP contribution is 2.43. The number of aliphatic hydroxyl groups is 1. The van der Waals surface area contributed by atoms with Crippen molar-refractivity contribution < 1.29 is 19.1 Å². The molecule has 0 aromatic heterocycles. The average Bonchev–Trinajstić information content (AvgIpc) is 3.00. The van der Waals surface area contributed by atoms with Crippen LogP contribution in [0.5, 0.6) is 0 Å². The summed E-state index contributed by atoms with van der Waals surface area (Å²) in [5.74, 6) is -2.20. The largest absolute Gasteiger partial charge is 0.507 e. The van der Waals surface area contributed by atoms with Gasteiger partial charge in [0.2, 0.25) is 0 Å². The Balaban J connectivity index is 1.89. The molecule has 1 saturated carbocycles. The lowest BCUT2D eigenvalue weighted by atomic mass is 9.90. The normalized spacial score (nSPS) is 22.3. The Morgan fingerprint density at radius 3 is 2.31 bits per heavy atom. The maximum absolute atomic E-state index is 14.8. The predicted octanol–water partition coefficient (Wildman–Crippen LogP) is 5.34. The fourth-order valence-electron chi connectivity index (χ4n) is 4.35. The van der Waals surface area contributed by atoms with E-state index in [1.807, 2.05) is 0 Å². The SMILES string of the molecule is O=C1C(=O)N(C2CCCCC2)C(c2ccccc2F)/C1=C(/O)c1ccc(Br)cc1. The molecule has 4 rings (SSSR count). The molecule has 150 valence electrons. The molecule has 4 nitrogen and oxygen atoms in total. The van der Waals surface area contributed by atoms with E-state index in [-0.39, 0.29) is 22.9 Å². The van der Waals surface area contributed by atoms with Crippen molar-refractivity contribution in [2.45, 2.75) is 44.2 Å². The number of likely N-dealkylation sites (tertiary alicyclic amines) is 1. The van der Waals surface area contributed by atoms with E-state index in [1.165, 1.54) is 11.0 Å². The number of ketones is 1. The van der Waals surface area contributed by atoms with E-state index in [0.29, 0.717) is 5.56 Å². The Hall–Kier alpha value is -2.47. The first-order valence-electron chi connectivity index (χ1n) is 9.79. The second kappa shape index (κ2) is 8.11. The van der Waals surface area contributed by atoms with Crippen LogP contribution in [-0.2, 0) is 9.59 Å². The molecule has 1 amide bonds. The zero-order valence-corrected chi connectivity index (χ0v) is 17.4. The zero-order chi connectivity index (χ0) is 20.5. The van der Waals surface area contributed by atoms with Crippen LogP contribution < -0.4 is 0 Å². The van der Waals surface area contributed by atoms with Gasteiger partial charge in [0.05, 0.1) is 11.6 Å². The van der Waals surface area contributed by atoms with E-state index in [2.05, 4.69) is 15.9 Å². The third kappa shape index (κ3) is 3.62. The minimum atomic E-state index is -0.928. The summed E-state index contributed by atoms with van der Waals surface area (Å²) in [7, 11) is 0. The van der Waals surface area contributed by atoms with Crippen molar-refractivity contribution in [1.82, 2.24) is 4.90 Å². The molecule has 2 fully saturated rings. The lowest BCUT2D eigenvalue weighted by Gasteiger charge is -2.35. The number of carbonyl (C=O) groups is 2. The van der Waals surface area contributed by atoms with Gasteiger partial charge in [-0.15, -0.1) is 0 Å². The standard InChI is InChI=1S/C23H21BrFNO3/c24-15-12-10-14(11-13-15)21(27)19-20(17-8-4-5-9-18(17)25)26(23(29)22(19)28)16-6-2-1-3-7-16/h4-5,8-13,16,20,27H,1-3,6-7H2/b21-19-. The molecule has 0 radical (unpaired) electrons. The van der Waals surface area contributed by atoms with E-state index in [4.69, 9.17) is 0 Å². The van der Waals surface area contributed by atoms with Crippen LogP contribution in [0.1, 0.15) is 49.3 Å². The Morgan fingerprint density at radius 1 is 1.00 bits per heavy atom. The summed E-state index contributed by atoms with van der Waals surface area (Å²) >= 11 is 3.34. The molecule has 1 unspecified atom stereocenters. The van der Waals surface area contributed by atoms with Gasteiger partial charge in [-0.3, -0.25) is 9.59 Å². The van der Waals surface area contributed by atoms with Crippen molar-refractivity contribution in [2.75, 3.05) is 0 Å². The minimum Gasteiger partial charge on any atom is -0.507 e. The topological polar surface area (TPSA) is 57.6 Å². The first-order chi connectivity index (χ1) is 14.0. The lowest BCUT2D eigenvalue weighted by Crippen LogP contribution is -2.40. The van der Waals surface area contributed by atoms with E-state index in [0.717, 1.165) is 36.6 Å². The lowest BCUT2D eigenvalue weighted by molar-refractivity contribution is -0.141. The van der Waals surface area contributed by atoms with Crippen molar-refractivity contribution in [2.24, 2.45) is 0 Å². The fraction of sp³-hybridized carbons (Fsp3) is 0.304. The molecule has 2 aromatic carbocycles. The third-order valence-corrected chi connectivity index (χ3v) is 6.29. The Kier molecular flexibility index (Phi) is 5.54. The van der Waals surface area contributed by atoms with Crippen molar-refractivity contribution in [3.63, 3.8) is 0 Å². The summed E-state index contributed by atoms with van der Waals surface area (Å²) in [6.07, 6.45) is 4.56. The molecule has 1 aliphatic heterocycles. The van der Waals surface area contributed by atoms with Crippen molar-refractivity contribution in [3.05, 3.63) is 75.5 Å². The Labute approximate surface area is 177 Å². The highest BCUT2D eigenvalue weighted by molar-refractivity contribution is 9.10. The van der Waals surface area contributed by atoms with Crippen LogP contribution in [0.2, 0.25) is 0 Å². The van der Waals surface area contributed by atoms with E-state index in [9.17, 15) is 19.1 Å². The van der Waals surface area contributed by atoms with Gasteiger partial charge in [0.25, 0.3) is 11.7 Å². The highest BCUT2D eigenvalue weighted by Gasteiger charge is 2.49. The number of hydrogen-bond donors (Lipinski definition) is 1. The summed E-state index contributed by atoms with van der Waals surface area (Å²) < 4.78 is 15.6. The van der Waals surface area contributed by atoms with Crippen LogP contribution in [-0.4, -0.2) is 27.7 Å². The first-order valence-corrected chi connectivity index (χ1v) is 10.6. The van der Waals surface area contributed by atoms with E-state index in [1.54, 1.807) is 42.5 Å². The fourth-order valence-corrected chi connectivity index (χ4v) is 4.62. The average molecular weight is 458 g/mol. The van der Waals surface area contributed by atoms with Gasteiger partial charge >= 0.3 is 0 Å². The van der Waals surface area contributed by atoms with Gasteiger partial charge in [-0.2, -0.15) is 0 Å². The predicted molar refractivity (Wildman–Crippen MR) is 112 cm³/mol. The van der Waals surface area contributed by atoms with Gasteiger partial charge in [-0.05, 0) is 31.0 Å². The van der Waals surface area contributed by atoms with Crippen LogP contribution in [0.4, 0.5) is 4.39 Å². The molecule has 6 heteroatoms. The summed E-state index contributed by atoms with van der Waals surface area (Å²) in [5.41, 5.74) is 0.597. The molecular weight excluding hydrogens is 437 g/mol. The van der Waals surface area contributed by atoms with Crippen LogP contribution >= 0.6 is 15.9 Å². The quantitative estimate of drug-likeness (QED) is 0.384. The molecule has 1 aliphatic carbocycles. The number of benzene rings is 2. The number of aliphatic hydroxyl groups excluding tert-OH is 1. The van der Waals surface area contributed by atoms with Gasteiger partial charge in [0, 0.05) is 21.6 Å². The molecule has 1 atom stereocenters. The molecule has 1 heterocycles. The Bertz CT molecular complexity index is 980. The molecule has 0 bridgehead atoms. The Morgan fingerprint density at radius 2 is 1.66 bits per heavy atom. The van der Waals surface area contributed by atoms with Gasteiger partial charge in [0.15, 0.2) is 0 Å². The number of amides is 1. The second-order valence-electron chi connectivity index (χ2n) is 7.53. The zero-order valence-electron chi connectivity index (χ0n) is 15.8. The number of halogens is 2. The number of rotatable bonds is 3. The summed E-state index contributed by atoms with van der Waals surface area (Å²) in [5, 5.41) is 11.0. The van der Waals surface area contributed by atoms with Crippen LogP contribution in [0.3, 0.4) is 0 Å². The van der Waals surface area contributed by atoms with Crippen molar-refractivity contribution >= 4 is 33.4 Å². The molecule has 1 saturated heterocycles. The molecule has 0 spiro atoms. The number of nitrogens with zero attached hydrogens (tertiary/aromatic N) is 1. The third-order valence-electron chi connectivity index (χ3n) is 5.77. The van der Waals surface area contributed by atoms with Gasteiger partial charge < -0.3 is 10.0 Å². The van der Waals surface area contributed by atoms with Crippen molar-refractivity contribution in [1.29, 1.82) is 0 Å². The molecule has 1 N–H and O–H groups in total. The van der Waals surface area contributed by atoms with Crippen LogP contribution in [0, 0.1) is 5.82 Å². The van der Waals surface area contributed by atoms with E-state index < -0.39 is 23.5 Å². The number of Topliss-reactive ketones (excluding diaryl/α,β-unsaturated/α-hetero) is 1. The van der Waals surface area contributed by atoms with Gasteiger partial charge in [-0.1, -0.05) is 65.5 Å². The second-order valence-corrected chi connectivity index (χ2v) is 8.44. The van der Waals surface area contributed by atoms with Gasteiger partial charge in [0.1, 0.15) is 11.6 Å².